The normalized spacial score (nSPS) is 10.1. The zero-order valence-corrected chi connectivity index (χ0v) is 10.6. The van der Waals surface area contributed by atoms with E-state index in [1.54, 1.807) is 0 Å². The quantitative estimate of drug-likeness (QED) is 0.640. The third kappa shape index (κ3) is 3.80. The lowest BCUT2D eigenvalue weighted by Crippen LogP contribution is -2.04. The van der Waals surface area contributed by atoms with Crippen LogP contribution in [0, 0.1) is 0 Å². The van der Waals surface area contributed by atoms with Gasteiger partial charge in [-0.2, -0.15) is 11.8 Å². The Morgan fingerprint density at radius 1 is 1.50 bits per heavy atom. The van der Waals surface area contributed by atoms with E-state index in [-0.39, 0.29) is 0 Å². The Bertz CT molecular complexity index is 291. The Labute approximate surface area is 97.8 Å². The zero-order chi connectivity index (χ0) is 10.4. The SMILES string of the molecule is CSCCCNc1ccc(Br)cc1N. The van der Waals surface area contributed by atoms with Crippen molar-refractivity contribution in [3.63, 3.8) is 0 Å². The van der Waals surface area contributed by atoms with Gasteiger partial charge in [0, 0.05) is 11.0 Å². The van der Waals surface area contributed by atoms with Crippen LogP contribution in [0.25, 0.3) is 0 Å². The standard InChI is InChI=1S/C10H15BrN2S/c1-14-6-2-5-13-10-4-3-8(11)7-9(10)12/h3-4,7,13H,2,5-6,12H2,1H3. The minimum atomic E-state index is 0.795. The van der Waals surface area contributed by atoms with E-state index in [1.165, 1.54) is 5.75 Å². The molecule has 0 saturated heterocycles. The predicted molar refractivity (Wildman–Crippen MR) is 70.0 cm³/mol. The molecule has 0 amide bonds. The van der Waals surface area contributed by atoms with Gasteiger partial charge in [-0.05, 0) is 36.6 Å². The molecule has 78 valence electrons. The van der Waals surface area contributed by atoms with Gasteiger partial charge in [0.2, 0.25) is 0 Å². The van der Waals surface area contributed by atoms with E-state index in [0.29, 0.717) is 0 Å². The highest BCUT2D eigenvalue weighted by Gasteiger charge is 1.97. The maximum atomic E-state index is 5.84. The minimum absolute atomic E-state index is 0.795. The summed E-state index contributed by atoms with van der Waals surface area (Å²) in [6.07, 6.45) is 3.28. The maximum absolute atomic E-state index is 5.84. The molecular formula is C10H15BrN2S. The van der Waals surface area contributed by atoms with Crippen LogP contribution in [0.2, 0.25) is 0 Å². The molecule has 0 heterocycles. The number of nitrogen functional groups attached to an aromatic ring is 1. The molecule has 0 aliphatic carbocycles. The van der Waals surface area contributed by atoms with Crippen molar-refractivity contribution in [2.24, 2.45) is 0 Å². The molecule has 0 aliphatic rings. The lowest BCUT2D eigenvalue weighted by atomic mass is 10.2. The van der Waals surface area contributed by atoms with Gasteiger partial charge in [0.1, 0.15) is 0 Å². The van der Waals surface area contributed by atoms with Gasteiger partial charge >= 0.3 is 0 Å². The molecule has 1 rings (SSSR count). The van der Waals surface area contributed by atoms with E-state index in [9.17, 15) is 0 Å². The number of benzene rings is 1. The monoisotopic (exact) mass is 274 g/mol. The molecule has 2 nitrogen and oxygen atoms in total. The summed E-state index contributed by atoms with van der Waals surface area (Å²) >= 11 is 5.24. The number of thioether (sulfide) groups is 1. The van der Waals surface area contributed by atoms with E-state index < -0.39 is 0 Å². The second-order valence-corrected chi connectivity index (χ2v) is 4.91. The molecule has 0 unspecified atom stereocenters. The molecule has 0 atom stereocenters. The second kappa shape index (κ2) is 6.19. The van der Waals surface area contributed by atoms with Crippen molar-refractivity contribution in [1.29, 1.82) is 0 Å². The fraction of sp³-hybridized carbons (Fsp3) is 0.400. The van der Waals surface area contributed by atoms with E-state index in [0.717, 1.165) is 28.8 Å². The molecule has 14 heavy (non-hydrogen) atoms. The number of halogens is 1. The fourth-order valence-electron chi connectivity index (χ4n) is 1.13. The van der Waals surface area contributed by atoms with E-state index in [2.05, 4.69) is 27.5 Å². The number of rotatable bonds is 5. The van der Waals surface area contributed by atoms with Crippen molar-refractivity contribution < 1.29 is 0 Å². The number of anilines is 2. The summed E-state index contributed by atoms with van der Waals surface area (Å²) in [5.41, 5.74) is 7.66. The summed E-state index contributed by atoms with van der Waals surface area (Å²) < 4.78 is 1.02. The highest BCUT2D eigenvalue weighted by atomic mass is 79.9. The number of nitrogens with one attached hydrogen (secondary N) is 1. The Morgan fingerprint density at radius 2 is 2.29 bits per heavy atom. The summed E-state index contributed by atoms with van der Waals surface area (Å²) in [5, 5.41) is 3.32. The van der Waals surface area contributed by atoms with Crippen molar-refractivity contribution in [3.8, 4) is 0 Å². The van der Waals surface area contributed by atoms with Gasteiger partial charge < -0.3 is 11.1 Å². The van der Waals surface area contributed by atoms with Crippen LogP contribution in [0.3, 0.4) is 0 Å². The third-order valence-electron chi connectivity index (χ3n) is 1.85. The van der Waals surface area contributed by atoms with Crippen LogP contribution in [0.15, 0.2) is 22.7 Å². The van der Waals surface area contributed by atoms with Crippen LogP contribution in [0.1, 0.15) is 6.42 Å². The first-order valence-corrected chi connectivity index (χ1v) is 6.70. The molecule has 0 radical (unpaired) electrons. The second-order valence-electron chi connectivity index (χ2n) is 3.00. The largest absolute Gasteiger partial charge is 0.397 e. The lowest BCUT2D eigenvalue weighted by molar-refractivity contribution is 0.994. The van der Waals surface area contributed by atoms with Gasteiger partial charge in [0.05, 0.1) is 11.4 Å². The molecule has 0 saturated carbocycles. The Kier molecular flexibility index (Phi) is 5.19. The van der Waals surface area contributed by atoms with Crippen molar-refractivity contribution in [2.45, 2.75) is 6.42 Å². The number of hydrogen-bond donors (Lipinski definition) is 2. The molecule has 0 aromatic heterocycles. The van der Waals surface area contributed by atoms with Crippen LogP contribution in [-0.2, 0) is 0 Å². The highest BCUT2D eigenvalue weighted by molar-refractivity contribution is 9.10. The molecule has 1 aromatic rings. The van der Waals surface area contributed by atoms with Crippen molar-refractivity contribution >= 4 is 39.1 Å². The Morgan fingerprint density at radius 3 is 2.93 bits per heavy atom. The fourth-order valence-corrected chi connectivity index (χ4v) is 1.95. The first kappa shape index (κ1) is 11.7. The van der Waals surface area contributed by atoms with Crippen LogP contribution in [-0.4, -0.2) is 18.6 Å². The highest BCUT2D eigenvalue weighted by Crippen LogP contribution is 2.22. The van der Waals surface area contributed by atoms with E-state index in [4.69, 9.17) is 5.73 Å². The van der Waals surface area contributed by atoms with Crippen molar-refractivity contribution in [2.75, 3.05) is 29.6 Å². The van der Waals surface area contributed by atoms with Gasteiger partial charge in [0.15, 0.2) is 0 Å². The summed E-state index contributed by atoms with van der Waals surface area (Å²) in [5.74, 6) is 1.18. The average molecular weight is 275 g/mol. The van der Waals surface area contributed by atoms with E-state index in [1.807, 2.05) is 30.0 Å². The molecule has 0 spiro atoms. The first-order valence-electron chi connectivity index (χ1n) is 4.52. The van der Waals surface area contributed by atoms with Gasteiger partial charge in [-0.3, -0.25) is 0 Å². The molecule has 0 aliphatic heterocycles. The smallest absolute Gasteiger partial charge is 0.0574 e. The average Bonchev–Trinajstić information content (AvgIpc) is 2.15. The lowest BCUT2D eigenvalue weighted by Gasteiger charge is -2.08. The Balaban J connectivity index is 2.42. The molecule has 0 bridgehead atoms. The predicted octanol–water partition coefficient (Wildman–Crippen LogP) is 3.20. The summed E-state index contributed by atoms with van der Waals surface area (Å²) in [6, 6.07) is 5.91. The Hall–Kier alpha value is -0.350. The first-order chi connectivity index (χ1) is 6.74. The van der Waals surface area contributed by atoms with Crippen molar-refractivity contribution in [1.82, 2.24) is 0 Å². The third-order valence-corrected chi connectivity index (χ3v) is 3.04. The van der Waals surface area contributed by atoms with Crippen molar-refractivity contribution in [3.05, 3.63) is 22.7 Å². The van der Waals surface area contributed by atoms with Gasteiger partial charge in [-0.15, -0.1) is 0 Å². The summed E-state index contributed by atoms with van der Waals surface area (Å²) in [6.45, 7) is 0.979. The number of hydrogen-bond acceptors (Lipinski definition) is 3. The maximum Gasteiger partial charge on any atom is 0.0574 e. The van der Waals surface area contributed by atoms with Gasteiger partial charge in [-0.1, -0.05) is 15.9 Å². The molecule has 1 aromatic carbocycles. The topological polar surface area (TPSA) is 38.0 Å². The summed E-state index contributed by atoms with van der Waals surface area (Å²) in [7, 11) is 0. The zero-order valence-electron chi connectivity index (χ0n) is 8.22. The van der Waals surface area contributed by atoms with Crippen LogP contribution < -0.4 is 11.1 Å². The van der Waals surface area contributed by atoms with E-state index >= 15 is 0 Å². The minimum Gasteiger partial charge on any atom is -0.397 e. The van der Waals surface area contributed by atoms with Crippen LogP contribution in [0.5, 0.6) is 0 Å². The van der Waals surface area contributed by atoms with Gasteiger partial charge in [-0.25, -0.2) is 0 Å². The van der Waals surface area contributed by atoms with Gasteiger partial charge in [0.25, 0.3) is 0 Å². The summed E-state index contributed by atoms with van der Waals surface area (Å²) in [4.78, 5) is 0. The van der Waals surface area contributed by atoms with Crippen LogP contribution >= 0.6 is 27.7 Å². The molecule has 0 fully saturated rings. The molecular weight excluding hydrogens is 260 g/mol. The van der Waals surface area contributed by atoms with Crippen LogP contribution in [0.4, 0.5) is 11.4 Å². The molecule has 4 heteroatoms. The number of nitrogens with two attached hydrogens (primary N) is 1. The molecule has 3 N–H and O–H groups in total.